The van der Waals surface area contributed by atoms with Crippen LogP contribution >= 0.6 is 12.4 Å². The van der Waals surface area contributed by atoms with Crippen molar-refractivity contribution in [1.29, 1.82) is 0 Å². The Kier molecular flexibility index (Phi) is 6.88. The summed E-state index contributed by atoms with van der Waals surface area (Å²) in [5.41, 5.74) is 1.37. The van der Waals surface area contributed by atoms with Gasteiger partial charge in [0.25, 0.3) is 0 Å². The summed E-state index contributed by atoms with van der Waals surface area (Å²) in [4.78, 5) is 14.7. The van der Waals surface area contributed by atoms with Gasteiger partial charge in [-0.25, -0.2) is 0 Å². The van der Waals surface area contributed by atoms with Crippen molar-refractivity contribution in [2.45, 2.75) is 32.4 Å². The van der Waals surface area contributed by atoms with Crippen LogP contribution in [0.5, 0.6) is 0 Å². The molecule has 2 heterocycles. The molecule has 0 aromatic heterocycles. The van der Waals surface area contributed by atoms with Gasteiger partial charge in [-0.15, -0.1) is 12.4 Å². The fraction of sp³-hybridized carbons (Fsp3) is 0.611. The smallest absolute Gasteiger partial charge is 0.224 e. The maximum absolute atomic E-state index is 12.2. The summed E-state index contributed by atoms with van der Waals surface area (Å²) in [6.45, 7) is 7.20. The molecule has 128 valence electrons. The van der Waals surface area contributed by atoms with Gasteiger partial charge in [-0.1, -0.05) is 30.3 Å². The number of rotatable bonds is 5. The van der Waals surface area contributed by atoms with Crippen LogP contribution in [-0.2, 0) is 11.3 Å². The van der Waals surface area contributed by atoms with Crippen molar-refractivity contribution in [3.8, 4) is 0 Å². The molecule has 2 fully saturated rings. The molecule has 1 aromatic carbocycles. The van der Waals surface area contributed by atoms with E-state index in [9.17, 15) is 4.79 Å². The Bertz CT molecular complexity index is 490. The SMILES string of the molecule is CC(NC(=O)C1CCNC1)C1CCN(Cc2ccccc2)C1.Cl. The van der Waals surface area contributed by atoms with Gasteiger partial charge < -0.3 is 10.6 Å². The van der Waals surface area contributed by atoms with Crippen molar-refractivity contribution in [2.75, 3.05) is 26.2 Å². The molecule has 2 N–H and O–H groups in total. The molecule has 0 spiro atoms. The summed E-state index contributed by atoms with van der Waals surface area (Å²) in [5, 5.41) is 6.50. The zero-order valence-corrected chi connectivity index (χ0v) is 14.6. The molecule has 0 aliphatic carbocycles. The normalized spacial score (nSPS) is 25.8. The van der Waals surface area contributed by atoms with Crippen LogP contribution in [0, 0.1) is 11.8 Å². The summed E-state index contributed by atoms with van der Waals surface area (Å²) in [5.74, 6) is 0.977. The van der Waals surface area contributed by atoms with E-state index in [0.29, 0.717) is 5.92 Å². The van der Waals surface area contributed by atoms with Crippen molar-refractivity contribution in [3.63, 3.8) is 0 Å². The van der Waals surface area contributed by atoms with Gasteiger partial charge >= 0.3 is 0 Å². The van der Waals surface area contributed by atoms with Crippen molar-refractivity contribution in [1.82, 2.24) is 15.5 Å². The molecule has 0 saturated carbocycles. The molecule has 3 rings (SSSR count). The first-order valence-electron chi connectivity index (χ1n) is 8.50. The minimum absolute atomic E-state index is 0. The Morgan fingerprint density at radius 2 is 2.13 bits per heavy atom. The van der Waals surface area contributed by atoms with E-state index >= 15 is 0 Å². The minimum Gasteiger partial charge on any atom is -0.353 e. The minimum atomic E-state index is 0. The summed E-state index contributed by atoms with van der Waals surface area (Å²) in [7, 11) is 0. The molecular weight excluding hydrogens is 310 g/mol. The summed E-state index contributed by atoms with van der Waals surface area (Å²) < 4.78 is 0. The summed E-state index contributed by atoms with van der Waals surface area (Å²) >= 11 is 0. The van der Waals surface area contributed by atoms with E-state index in [1.165, 1.54) is 12.0 Å². The molecule has 3 atom stereocenters. The third-order valence-corrected chi connectivity index (χ3v) is 5.07. The first kappa shape index (κ1) is 18.2. The third kappa shape index (κ3) is 4.93. The van der Waals surface area contributed by atoms with E-state index in [0.717, 1.165) is 39.1 Å². The number of nitrogens with zero attached hydrogens (tertiary/aromatic N) is 1. The van der Waals surface area contributed by atoms with E-state index in [-0.39, 0.29) is 30.3 Å². The molecule has 2 saturated heterocycles. The Morgan fingerprint density at radius 3 is 2.83 bits per heavy atom. The lowest BCUT2D eigenvalue weighted by atomic mass is 9.99. The molecule has 1 amide bonds. The van der Waals surface area contributed by atoms with Gasteiger partial charge in [-0.3, -0.25) is 9.69 Å². The number of likely N-dealkylation sites (tertiary alicyclic amines) is 1. The third-order valence-electron chi connectivity index (χ3n) is 5.07. The Morgan fingerprint density at radius 1 is 1.35 bits per heavy atom. The number of hydrogen-bond acceptors (Lipinski definition) is 3. The van der Waals surface area contributed by atoms with E-state index in [4.69, 9.17) is 0 Å². The summed E-state index contributed by atoms with van der Waals surface area (Å²) in [6, 6.07) is 10.9. The van der Waals surface area contributed by atoms with E-state index in [1.54, 1.807) is 0 Å². The van der Waals surface area contributed by atoms with Crippen LogP contribution in [0.3, 0.4) is 0 Å². The predicted molar refractivity (Wildman–Crippen MR) is 95.7 cm³/mol. The molecule has 2 aliphatic rings. The van der Waals surface area contributed by atoms with Crippen molar-refractivity contribution >= 4 is 18.3 Å². The molecule has 23 heavy (non-hydrogen) atoms. The van der Waals surface area contributed by atoms with Crippen LogP contribution in [0.2, 0.25) is 0 Å². The Hall–Kier alpha value is -1.10. The number of carbonyl (C=O) groups is 1. The molecule has 2 aliphatic heterocycles. The fourth-order valence-electron chi connectivity index (χ4n) is 3.59. The molecule has 0 bridgehead atoms. The topological polar surface area (TPSA) is 44.4 Å². The maximum atomic E-state index is 12.2. The zero-order chi connectivity index (χ0) is 15.4. The second kappa shape index (κ2) is 8.67. The Labute approximate surface area is 145 Å². The van der Waals surface area contributed by atoms with Gasteiger partial charge in [0.1, 0.15) is 0 Å². The number of hydrogen-bond donors (Lipinski definition) is 2. The predicted octanol–water partition coefficient (Wildman–Crippen LogP) is 2.04. The van der Waals surface area contributed by atoms with Gasteiger partial charge in [0.15, 0.2) is 0 Å². The number of benzene rings is 1. The van der Waals surface area contributed by atoms with Crippen molar-refractivity contribution < 1.29 is 4.79 Å². The highest BCUT2D eigenvalue weighted by Gasteiger charge is 2.30. The summed E-state index contributed by atoms with van der Waals surface area (Å²) in [6.07, 6.45) is 2.15. The Balaban J connectivity index is 0.00000192. The molecule has 4 nitrogen and oxygen atoms in total. The van der Waals surface area contributed by atoms with Gasteiger partial charge in [0, 0.05) is 25.7 Å². The standard InChI is InChI=1S/C18H27N3O.ClH/c1-14(20-18(22)16-7-9-19-11-16)17-8-10-21(13-17)12-15-5-3-2-4-6-15;/h2-6,14,16-17,19H,7-13H2,1H3,(H,20,22);1H. The molecule has 3 unspecified atom stereocenters. The van der Waals surface area contributed by atoms with E-state index < -0.39 is 0 Å². The van der Waals surface area contributed by atoms with Crippen LogP contribution in [0.1, 0.15) is 25.3 Å². The number of amides is 1. The molecule has 1 aromatic rings. The highest BCUT2D eigenvalue weighted by Crippen LogP contribution is 2.22. The quantitative estimate of drug-likeness (QED) is 0.864. The zero-order valence-electron chi connectivity index (χ0n) is 13.8. The van der Waals surface area contributed by atoms with Crippen LogP contribution in [0.4, 0.5) is 0 Å². The lowest BCUT2D eigenvalue weighted by Gasteiger charge is -2.23. The van der Waals surface area contributed by atoms with Crippen molar-refractivity contribution in [2.24, 2.45) is 11.8 Å². The lowest BCUT2D eigenvalue weighted by Crippen LogP contribution is -2.42. The average molecular weight is 338 g/mol. The van der Waals surface area contributed by atoms with Crippen molar-refractivity contribution in [3.05, 3.63) is 35.9 Å². The number of nitrogens with one attached hydrogen (secondary N) is 2. The highest BCUT2D eigenvalue weighted by molar-refractivity contribution is 5.85. The van der Waals surface area contributed by atoms with E-state index in [1.807, 2.05) is 0 Å². The average Bonchev–Trinajstić information content (AvgIpc) is 3.19. The lowest BCUT2D eigenvalue weighted by molar-refractivity contribution is -0.125. The first-order chi connectivity index (χ1) is 10.7. The monoisotopic (exact) mass is 337 g/mol. The first-order valence-corrected chi connectivity index (χ1v) is 8.50. The number of halogens is 1. The molecule has 5 heteroatoms. The van der Waals surface area contributed by atoms with Gasteiger partial charge in [0.2, 0.25) is 5.91 Å². The number of carbonyl (C=O) groups excluding carboxylic acids is 1. The van der Waals surface area contributed by atoms with Gasteiger partial charge in [-0.05, 0) is 44.3 Å². The van der Waals surface area contributed by atoms with Crippen LogP contribution in [0.25, 0.3) is 0 Å². The second-order valence-corrected chi connectivity index (χ2v) is 6.76. The molecule has 0 radical (unpaired) electrons. The molecular formula is C18H28ClN3O. The van der Waals surface area contributed by atoms with Gasteiger partial charge in [-0.2, -0.15) is 0 Å². The maximum Gasteiger partial charge on any atom is 0.224 e. The van der Waals surface area contributed by atoms with E-state index in [2.05, 4.69) is 52.8 Å². The van der Waals surface area contributed by atoms with Crippen LogP contribution in [-0.4, -0.2) is 43.0 Å². The fourth-order valence-corrected chi connectivity index (χ4v) is 3.59. The highest BCUT2D eigenvalue weighted by atomic mass is 35.5. The van der Waals surface area contributed by atoms with Gasteiger partial charge in [0.05, 0.1) is 5.92 Å². The van der Waals surface area contributed by atoms with Crippen LogP contribution < -0.4 is 10.6 Å². The van der Waals surface area contributed by atoms with Crippen LogP contribution in [0.15, 0.2) is 30.3 Å². The largest absolute Gasteiger partial charge is 0.353 e. The second-order valence-electron chi connectivity index (χ2n) is 6.76.